The lowest BCUT2D eigenvalue weighted by Crippen LogP contribution is -2.33. The molecule has 1 unspecified atom stereocenters. The summed E-state index contributed by atoms with van der Waals surface area (Å²) in [6.07, 6.45) is 0. The molecule has 0 saturated carbocycles. The predicted molar refractivity (Wildman–Crippen MR) is 58.8 cm³/mol. The normalized spacial score (nSPS) is 12.3. The van der Waals surface area contributed by atoms with Crippen molar-refractivity contribution < 1.29 is 4.79 Å². The van der Waals surface area contributed by atoms with Crippen molar-refractivity contribution in [3.8, 4) is 0 Å². The van der Waals surface area contributed by atoms with Crippen LogP contribution < -0.4 is 11.1 Å². The van der Waals surface area contributed by atoms with Crippen LogP contribution in [0.25, 0.3) is 0 Å². The minimum atomic E-state index is -0.529. The molecule has 82 valence electrons. The van der Waals surface area contributed by atoms with Gasteiger partial charge in [-0.2, -0.15) is 0 Å². The van der Waals surface area contributed by atoms with E-state index < -0.39 is 11.9 Å². The number of hydrogen-bond donors (Lipinski definition) is 2. The van der Waals surface area contributed by atoms with Gasteiger partial charge in [-0.3, -0.25) is 4.79 Å². The highest BCUT2D eigenvalue weighted by atomic mass is 35.5. The van der Waals surface area contributed by atoms with Crippen molar-refractivity contribution in [2.75, 3.05) is 5.32 Å². The summed E-state index contributed by atoms with van der Waals surface area (Å²) in [6.45, 7) is 5.27. The van der Waals surface area contributed by atoms with Gasteiger partial charge in [-0.25, -0.2) is 9.97 Å². The Bertz CT molecular complexity index is 394. The maximum absolute atomic E-state index is 10.8. The third-order valence-electron chi connectivity index (χ3n) is 2.04. The van der Waals surface area contributed by atoms with Gasteiger partial charge < -0.3 is 11.1 Å². The zero-order valence-electron chi connectivity index (χ0n) is 8.84. The fourth-order valence-electron chi connectivity index (χ4n) is 0.944. The summed E-state index contributed by atoms with van der Waals surface area (Å²) in [5.74, 6) is -0.0860. The molecule has 15 heavy (non-hydrogen) atoms. The molecule has 0 fully saturated rings. The Hall–Kier alpha value is -1.36. The molecule has 1 atom stereocenters. The van der Waals surface area contributed by atoms with Crippen molar-refractivity contribution in [3.63, 3.8) is 0 Å². The molecule has 6 heteroatoms. The second-order valence-corrected chi connectivity index (χ2v) is 3.66. The second-order valence-electron chi connectivity index (χ2n) is 3.30. The number of hydrogen-bond acceptors (Lipinski definition) is 4. The highest BCUT2D eigenvalue weighted by Gasteiger charge is 2.13. The number of nitrogens with one attached hydrogen (secondary N) is 1. The van der Waals surface area contributed by atoms with E-state index in [0.29, 0.717) is 5.82 Å². The lowest BCUT2D eigenvalue weighted by molar-refractivity contribution is -0.118. The van der Waals surface area contributed by atoms with Crippen LogP contribution in [0.4, 0.5) is 5.82 Å². The van der Waals surface area contributed by atoms with Gasteiger partial charge in [0.2, 0.25) is 5.91 Å². The summed E-state index contributed by atoms with van der Waals surface area (Å²) in [6, 6.07) is -0.529. The van der Waals surface area contributed by atoms with E-state index in [2.05, 4.69) is 15.3 Å². The van der Waals surface area contributed by atoms with E-state index in [1.54, 1.807) is 6.92 Å². The maximum Gasteiger partial charge on any atom is 0.239 e. The topological polar surface area (TPSA) is 80.9 Å². The summed E-state index contributed by atoms with van der Waals surface area (Å²) in [4.78, 5) is 19.1. The largest absolute Gasteiger partial charge is 0.368 e. The quantitative estimate of drug-likeness (QED) is 0.810. The van der Waals surface area contributed by atoms with Crippen LogP contribution in [-0.4, -0.2) is 21.9 Å². The Morgan fingerprint density at radius 3 is 2.47 bits per heavy atom. The second kappa shape index (κ2) is 4.44. The summed E-state index contributed by atoms with van der Waals surface area (Å²) >= 11 is 5.86. The molecule has 1 aromatic heterocycles. The molecule has 3 N–H and O–H groups in total. The van der Waals surface area contributed by atoms with Crippen molar-refractivity contribution in [1.82, 2.24) is 9.97 Å². The number of aryl methyl sites for hydroxylation is 2. The van der Waals surface area contributed by atoms with Crippen LogP contribution in [0.3, 0.4) is 0 Å². The molecular formula is C9H13ClN4O. The first-order chi connectivity index (χ1) is 6.91. The number of aromatic nitrogens is 2. The van der Waals surface area contributed by atoms with Gasteiger partial charge in [-0.05, 0) is 20.8 Å². The number of anilines is 1. The van der Waals surface area contributed by atoms with Gasteiger partial charge in [0.1, 0.15) is 6.04 Å². The first kappa shape index (κ1) is 11.7. The number of carbonyl (C=O) groups is 1. The van der Waals surface area contributed by atoms with E-state index in [9.17, 15) is 4.79 Å². The van der Waals surface area contributed by atoms with E-state index in [4.69, 9.17) is 17.3 Å². The number of amides is 1. The number of halogens is 1. The van der Waals surface area contributed by atoms with Crippen LogP contribution in [0.1, 0.15) is 18.3 Å². The molecule has 1 amide bonds. The molecule has 1 aromatic rings. The highest BCUT2D eigenvalue weighted by molar-refractivity contribution is 6.31. The van der Waals surface area contributed by atoms with Crippen molar-refractivity contribution in [2.24, 2.45) is 5.73 Å². The van der Waals surface area contributed by atoms with Crippen molar-refractivity contribution in [2.45, 2.75) is 26.8 Å². The average molecular weight is 229 g/mol. The lowest BCUT2D eigenvalue weighted by atomic mass is 10.3. The Morgan fingerprint density at radius 1 is 1.40 bits per heavy atom. The van der Waals surface area contributed by atoms with E-state index in [1.165, 1.54) is 0 Å². The lowest BCUT2D eigenvalue weighted by Gasteiger charge is -2.12. The first-order valence-corrected chi connectivity index (χ1v) is 4.86. The van der Waals surface area contributed by atoms with Crippen LogP contribution in [0.15, 0.2) is 0 Å². The molecule has 1 heterocycles. The smallest absolute Gasteiger partial charge is 0.239 e. The Balaban J connectivity index is 2.95. The fraction of sp³-hybridized carbons (Fsp3) is 0.444. The fourth-order valence-corrected chi connectivity index (χ4v) is 1.17. The average Bonchev–Trinajstić information content (AvgIpc) is 2.13. The number of primary amides is 1. The zero-order valence-corrected chi connectivity index (χ0v) is 9.59. The summed E-state index contributed by atoms with van der Waals surface area (Å²) in [5, 5.41) is 3.04. The van der Waals surface area contributed by atoms with E-state index in [-0.39, 0.29) is 5.15 Å². The number of carbonyl (C=O) groups excluding carboxylic acids is 1. The molecule has 0 aliphatic rings. The van der Waals surface area contributed by atoms with Gasteiger partial charge in [0, 0.05) is 0 Å². The van der Waals surface area contributed by atoms with Crippen LogP contribution in [0.2, 0.25) is 5.15 Å². The van der Waals surface area contributed by atoms with E-state index in [1.807, 2.05) is 13.8 Å². The Morgan fingerprint density at radius 2 is 1.93 bits per heavy atom. The molecule has 0 aromatic carbocycles. The van der Waals surface area contributed by atoms with Crippen LogP contribution >= 0.6 is 11.6 Å². The monoisotopic (exact) mass is 228 g/mol. The molecule has 1 rings (SSSR count). The minimum Gasteiger partial charge on any atom is -0.368 e. The predicted octanol–water partition coefficient (Wildman–Crippen LogP) is 1.03. The number of nitrogens with zero attached hydrogens (tertiary/aromatic N) is 2. The molecule has 5 nitrogen and oxygen atoms in total. The Labute approximate surface area is 93.0 Å². The van der Waals surface area contributed by atoms with Gasteiger partial charge in [0.15, 0.2) is 11.0 Å². The SMILES string of the molecule is Cc1nc(Cl)c(NC(C)C(N)=O)nc1C. The maximum atomic E-state index is 10.8. The molecule has 0 aliphatic carbocycles. The Kier molecular flexibility index (Phi) is 3.47. The summed E-state index contributed by atoms with van der Waals surface area (Å²) in [7, 11) is 0. The zero-order chi connectivity index (χ0) is 11.6. The molecule has 0 spiro atoms. The molecule has 0 bridgehead atoms. The van der Waals surface area contributed by atoms with Gasteiger partial charge in [-0.1, -0.05) is 11.6 Å². The third kappa shape index (κ3) is 2.79. The van der Waals surface area contributed by atoms with Gasteiger partial charge >= 0.3 is 0 Å². The van der Waals surface area contributed by atoms with Crippen molar-refractivity contribution in [3.05, 3.63) is 16.5 Å². The van der Waals surface area contributed by atoms with Gasteiger partial charge in [0.05, 0.1) is 11.4 Å². The molecule has 0 radical (unpaired) electrons. The summed E-state index contributed by atoms with van der Waals surface area (Å²) < 4.78 is 0. The molecule has 0 aliphatic heterocycles. The molecular weight excluding hydrogens is 216 g/mol. The summed E-state index contributed by atoms with van der Waals surface area (Å²) in [5.41, 5.74) is 6.63. The van der Waals surface area contributed by atoms with Crippen LogP contribution in [0.5, 0.6) is 0 Å². The molecule has 0 saturated heterocycles. The minimum absolute atomic E-state index is 0.242. The number of nitrogens with two attached hydrogens (primary N) is 1. The first-order valence-electron chi connectivity index (χ1n) is 4.48. The van der Waals surface area contributed by atoms with Gasteiger partial charge in [0.25, 0.3) is 0 Å². The van der Waals surface area contributed by atoms with E-state index >= 15 is 0 Å². The van der Waals surface area contributed by atoms with Crippen molar-refractivity contribution in [1.29, 1.82) is 0 Å². The van der Waals surface area contributed by atoms with E-state index in [0.717, 1.165) is 11.4 Å². The third-order valence-corrected chi connectivity index (χ3v) is 2.31. The standard InChI is InChI=1S/C9H13ClN4O/c1-4-5(2)13-9(7(10)12-4)14-6(3)8(11)15/h6H,1-3H3,(H2,11,15)(H,13,14). The van der Waals surface area contributed by atoms with Gasteiger partial charge in [-0.15, -0.1) is 0 Å². The number of rotatable bonds is 3. The van der Waals surface area contributed by atoms with Crippen LogP contribution in [0, 0.1) is 13.8 Å². The van der Waals surface area contributed by atoms with Crippen molar-refractivity contribution >= 4 is 23.3 Å². The van der Waals surface area contributed by atoms with Crippen LogP contribution in [-0.2, 0) is 4.79 Å². The highest BCUT2D eigenvalue weighted by Crippen LogP contribution is 2.18.